The zero-order valence-electron chi connectivity index (χ0n) is 9.73. The number of nitrogens with one attached hydrogen (secondary N) is 1. The van der Waals surface area contributed by atoms with E-state index in [1.54, 1.807) is 11.0 Å². The fourth-order valence-electron chi connectivity index (χ4n) is 1.56. The van der Waals surface area contributed by atoms with Crippen LogP contribution >= 0.6 is 11.6 Å². The Balaban J connectivity index is 2.12. The van der Waals surface area contributed by atoms with Crippen molar-refractivity contribution in [1.82, 2.24) is 20.1 Å². The Morgan fingerprint density at radius 3 is 2.94 bits per heavy atom. The third-order valence-corrected chi connectivity index (χ3v) is 2.81. The van der Waals surface area contributed by atoms with Gasteiger partial charge in [-0.15, -0.1) is 0 Å². The van der Waals surface area contributed by atoms with Gasteiger partial charge in [-0.25, -0.2) is 9.67 Å². The molecule has 0 saturated heterocycles. The molecule has 4 nitrogen and oxygen atoms in total. The lowest BCUT2D eigenvalue weighted by atomic mass is 10.2. The van der Waals surface area contributed by atoms with Gasteiger partial charge in [-0.3, -0.25) is 0 Å². The van der Waals surface area contributed by atoms with Crippen molar-refractivity contribution in [3.8, 4) is 5.69 Å². The lowest BCUT2D eigenvalue weighted by Gasteiger charge is -2.07. The first-order chi connectivity index (χ1) is 8.31. The molecule has 1 heterocycles. The van der Waals surface area contributed by atoms with E-state index in [9.17, 15) is 0 Å². The van der Waals surface area contributed by atoms with Crippen molar-refractivity contribution in [2.75, 3.05) is 6.54 Å². The molecule has 0 aliphatic carbocycles. The summed E-state index contributed by atoms with van der Waals surface area (Å²) in [7, 11) is 0. The maximum absolute atomic E-state index is 6.22. The Bertz CT molecular complexity index is 467. The molecule has 1 aromatic carbocycles. The molecule has 0 unspecified atom stereocenters. The van der Waals surface area contributed by atoms with Crippen molar-refractivity contribution in [2.24, 2.45) is 0 Å². The summed E-state index contributed by atoms with van der Waals surface area (Å²) in [6.45, 7) is 3.94. The van der Waals surface area contributed by atoms with Crippen molar-refractivity contribution in [3.63, 3.8) is 0 Å². The van der Waals surface area contributed by atoms with Gasteiger partial charge in [-0.05, 0) is 30.7 Å². The zero-order chi connectivity index (χ0) is 12.1. The van der Waals surface area contributed by atoms with E-state index >= 15 is 0 Å². The first-order valence-corrected chi connectivity index (χ1v) is 6.03. The van der Waals surface area contributed by atoms with E-state index < -0.39 is 0 Å². The average Bonchev–Trinajstić information content (AvgIpc) is 2.85. The second-order valence-electron chi connectivity index (χ2n) is 3.79. The number of halogens is 1. The smallest absolute Gasteiger partial charge is 0.138 e. The van der Waals surface area contributed by atoms with Gasteiger partial charge in [-0.1, -0.05) is 24.6 Å². The fourth-order valence-corrected chi connectivity index (χ4v) is 1.81. The van der Waals surface area contributed by atoms with Gasteiger partial charge >= 0.3 is 0 Å². The average molecular weight is 251 g/mol. The van der Waals surface area contributed by atoms with Crippen LogP contribution in [0.3, 0.4) is 0 Å². The highest BCUT2D eigenvalue weighted by Gasteiger charge is 2.03. The fraction of sp³-hybridized carbons (Fsp3) is 0.333. The van der Waals surface area contributed by atoms with Crippen LogP contribution in [-0.2, 0) is 6.54 Å². The Kier molecular flexibility index (Phi) is 4.12. The molecule has 0 aliphatic rings. The summed E-state index contributed by atoms with van der Waals surface area (Å²) in [5, 5.41) is 8.14. The summed E-state index contributed by atoms with van der Waals surface area (Å²) in [6.07, 6.45) is 4.28. The van der Waals surface area contributed by atoms with Crippen LogP contribution in [0.2, 0.25) is 5.02 Å². The van der Waals surface area contributed by atoms with Gasteiger partial charge < -0.3 is 5.32 Å². The van der Waals surface area contributed by atoms with Gasteiger partial charge in [0.15, 0.2) is 0 Å². The molecule has 17 heavy (non-hydrogen) atoms. The van der Waals surface area contributed by atoms with Crippen LogP contribution < -0.4 is 5.32 Å². The second kappa shape index (κ2) is 5.80. The third kappa shape index (κ3) is 3.05. The maximum Gasteiger partial charge on any atom is 0.138 e. The largest absolute Gasteiger partial charge is 0.313 e. The van der Waals surface area contributed by atoms with Gasteiger partial charge in [-0.2, -0.15) is 5.10 Å². The van der Waals surface area contributed by atoms with Crippen molar-refractivity contribution in [3.05, 3.63) is 41.4 Å². The molecule has 0 amide bonds. The van der Waals surface area contributed by atoms with Crippen LogP contribution in [0.1, 0.15) is 18.9 Å². The molecule has 0 atom stereocenters. The van der Waals surface area contributed by atoms with Gasteiger partial charge in [0.25, 0.3) is 0 Å². The number of benzene rings is 1. The van der Waals surface area contributed by atoms with Crippen molar-refractivity contribution >= 4 is 11.6 Å². The number of rotatable bonds is 5. The molecular formula is C12H15ClN4. The molecule has 2 aromatic rings. The monoisotopic (exact) mass is 250 g/mol. The lowest BCUT2D eigenvalue weighted by molar-refractivity contribution is 0.675. The Morgan fingerprint density at radius 1 is 1.41 bits per heavy atom. The Labute approximate surface area is 106 Å². The van der Waals surface area contributed by atoms with Gasteiger partial charge in [0.1, 0.15) is 12.7 Å². The Hall–Kier alpha value is -1.39. The van der Waals surface area contributed by atoms with Gasteiger partial charge in [0.05, 0.1) is 5.69 Å². The van der Waals surface area contributed by atoms with E-state index in [-0.39, 0.29) is 0 Å². The maximum atomic E-state index is 6.22. The van der Waals surface area contributed by atoms with Crippen LogP contribution in [0, 0.1) is 0 Å². The van der Waals surface area contributed by atoms with Crippen LogP contribution in [0.15, 0.2) is 30.9 Å². The Morgan fingerprint density at radius 2 is 2.29 bits per heavy atom. The first-order valence-electron chi connectivity index (χ1n) is 5.65. The molecule has 0 spiro atoms. The summed E-state index contributed by atoms with van der Waals surface area (Å²) < 4.78 is 1.69. The standard InChI is InChI=1S/C12H15ClN4/c1-2-5-14-7-10-3-4-11(6-12(10)13)17-9-15-8-16-17/h3-4,6,8-9,14H,2,5,7H2,1H3. The molecule has 1 N–H and O–H groups in total. The molecule has 1 aromatic heterocycles. The summed E-state index contributed by atoms with van der Waals surface area (Å²) in [4.78, 5) is 3.91. The molecule has 0 bridgehead atoms. The van der Waals surface area contributed by atoms with Gasteiger partial charge in [0, 0.05) is 11.6 Å². The zero-order valence-corrected chi connectivity index (χ0v) is 10.5. The van der Waals surface area contributed by atoms with Gasteiger partial charge in [0.2, 0.25) is 0 Å². The summed E-state index contributed by atoms with van der Waals surface area (Å²) >= 11 is 6.22. The number of hydrogen-bond acceptors (Lipinski definition) is 3. The van der Waals surface area contributed by atoms with E-state index in [1.165, 1.54) is 6.33 Å². The predicted octanol–water partition coefficient (Wildman–Crippen LogP) is 2.42. The normalized spacial score (nSPS) is 10.7. The van der Waals surface area contributed by atoms with Crippen molar-refractivity contribution < 1.29 is 0 Å². The van der Waals surface area contributed by atoms with E-state index in [0.717, 1.165) is 35.8 Å². The highest BCUT2D eigenvalue weighted by molar-refractivity contribution is 6.31. The highest BCUT2D eigenvalue weighted by atomic mass is 35.5. The van der Waals surface area contributed by atoms with Crippen LogP contribution in [0.5, 0.6) is 0 Å². The lowest BCUT2D eigenvalue weighted by Crippen LogP contribution is -2.14. The molecule has 0 radical (unpaired) electrons. The molecule has 0 saturated carbocycles. The van der Waals surface area contributed by atoms with Crippen LogP contribution in [0.4, 0.5) is 0 Å². The van der Waals surface area contributed by atoms with Crippen molar-refractivity contribution in [1.29, 1.82) is 0 Å². The number of nitrogens with zero attached hydrogens (tertiary/aromatic N) is 3. The van der Waals surface area contributed by atoms with E-state index in [2.05, 4.69) is 22.3 Å². The van der Waals surface area contributed by atoms with E-state index in [1.807, 2.05) is 18.2 Å². The molecular weight excluding hydrogens is 236 g/mol. The van der Waals surface area contributed by atoms with Crippen LogP contribution in [-0.4, -0.2) is 21.3 Å². The van der Waals surface area contributed by atoms with Crippen LogP contribution in [0.25, 0.3) is 5.69 Å². The minimum atomic E-state index is 0.751. The first kappa shape index (κ1) is 12.1. The summed E-state index contributed by atoms with van der Waals surface area (Å²) in [5.41, 5.74) is 2.02. The van der Waals surface area contributed by atoms with E-state index in [4.69, 9.17) is 11.6 Å². The number of hydrogen-bond donors (Lipinski definition) is 1. The minimum absolute atomic E-state index is 0.751. The topological polar surface area (TPSA) is 42.7 Å². The molecule has 2 rings (SSSR count). The predicted molar refractivity (Wildman–Crippen MR) is 68.4 cm³/mol. The molecule has 0 fully saturated rings. The minimum Gasteiger partial charge on any atom is -0.313 e. The molecule has 5 heteroatoms. The van der Waals surface area contributed by atoms with E-state index in [0.29, 0.717) is 0 Å². The summed E-state index contributed by atoms with van der Waals surface area (Å²) in [5.74, 6) is 0. The highest BCUT2D eigenvalue weighted by Crippen LogP contribution is 2.19. The molecule has 90 valence electrons. The second-order valence-corrected chi connectivity index (χ2v) is 4.20. The third-order valence-electron chi connectivity index (χ3n) is 2.46. The quantitative estimate of drug-likeness (QED) is 0.829. The van der Waals surface area contributed by atoms with Crippen molar-refractivity contribution in [2.45, 2.75) is 19.9 Å². The number of aromatic nitrogens is 3. The SMILES string of the molecule is CCCNCc1ccc(-n2cncn2)cc1Cl. The summed E-state index contributed by atoms with van der Waals surface area (Å²) in [6, 6.07) is 5.91. The molecule has 0 aliphatic heterocycles.